The molecule has 1 heterocycles. The summed E-state index contributed by atoms with van der Waals surface area (Å²) in [5.74, 6) is 1.71. The van der Waals surface area contributed by atoms with Crippen LogP contribution in [0.4, 0.5) is 0 Å². The molecule has 1 aliphatic rings. The van der Waals surface area contributed by atoms with Crippen molar-refractivity contribution in [2.24, 2.45) is 5.92 Å². The van der Waals surface area contributed by atoms with Crippen LogP contribution in [0.5, 0.6) is 5.75 Å². The summed E-state index contributed by atoms with van der Waals surface area (Å²) in [6, 6.07) is 16.1. The second-order valence-corrected chi connectivity index (χ2v) is 6.82. The van der Waals surface area contributed by atoms with E-state index in [1.807, 2.05) is 36.4 Å². The quantitative estimate of drug-likeness (QED) is 0.675. The molecule has 0 unspecified atom stereocenters. The molecular weight excluding hydrogens is 391 g/mol. The second-order valence-electron chi connectivity index (χ2n) is 6.38. The van der Waals surface area contributed by atoms with Crippen LogP contribution in [-0.2, 0) is 13.2 Å². The molecule has 6 heteroatoms. The first-order valence-electron chi connectivity index (χ1n) is 8.67. The second kappa shape index (κ2) is 12.4. The van der Waals surface area contributed by atoms with E-state index >= 15 is 0 Å². The molecule has 0 aliphatic carbocycles. The monoisotopic (exact) mass is 416 g/mol. The third-order valence-electron chi connectivity index (χ3n) is 4.46. The van der Waals surface area contributed by atoms with Crippen LogP contribution in [0.3, 0.4) is 0 Å². The molecule has 0 radical (unpaired) electrons. The van der Waals surface area contributed by atoms with Gasteiger partial charge in [-0.1, -0.05) is 35.9 Å². The molecule has 0 spiro atoms. The van der Waals surface area contributed by atoms with Crippen LogP contribution in [-0.4, -0.2) is 19.6 Å². The van der Waals surface area contributed by atoms with Gasteiger partial charge in [-0.3, -0.25) is 0 Å². The number of hydrogen-bond donors (Lipinski definition) is 2. The van der Waals surface area contributed by atoms with Crippen LogP contribution in [0.1, 0.15) is 24.0 Å². The fourth-order valence-corrected chi connectivity index (χ4v) is 3.08. The van der Waals surface area contributed by atoms with E-state index in [2.05, 4.69) is 22.8 Å². The van der Waals surface area contributed by atoms with Crippen LogP contribution >= 0.6 is 36.4 Å². The summed E-state index contributed by atoms with van der Waals surface area (Å²) >= 11 is 5.89. The average molecular weight is 418 g/mol. The molecule has 0 bridgehead atoms. The Kier molecular flexibility index (Phi) is 11.0. The Hall–Kier alpha value is -0.970. The van der Waals surface area contributed by atoms with Crippen molar-refractivity contribution in [3.8, 4) is 5.75 Å². The maximum Gasteiger partial charge on any atom is 0.119 e. The van der Waals surface area contributed by atoms with Crippen LogP contribution in [0.25, 0.3) is 0 Å². The number of halogens is 3. The van der Waals surface area contributed by atoms with E-state index in [9.17, 15) is 0 Å². The molecule has 0 aromatic heterocycles. The van der Waals surface area contributed by atoms with Gasteiger partial charge in [0.15, 0.2) is 0 Å². The molecule has 2 N–H and O–H groups in total. The molecule has 3 rings (SSSR count). The Balaban J connectivity index is 0.00000169. The minimum Gasteiger partial charge on any atom is -0.489 e. The fraction of sp³-hybridized carbons (Fsp3) is 0.400. The highest BCUT2D eigenvalue weighted by molar-refractivity contribution is 6.30. The molecule has 1 saturated heterocycles. The highest BCUT2D eigenvalue weighted by Crippen LogP contribution is 2.16. The van der Waals surface area contributed by atoms with E-state index in [0.29, 0.717) is 6.61 Å². The van der Waals surface area contributed by atoms with Gasteiger partial charge in [0, 0.05) is 11.6 Å². The molecular formula is C20H27Cl3N2O. The van der Waals surface area contributed by atoms with Crippen molar-refractivity contribution in [2.45, 2.75) is 26.0 Å². The largest absolute Gasteiger partial charge is 0.489 e. The lowest BCUT2D eigenvalue weighted by Gasteiger charge is -2.22. The lowest BCUT2D eigenvalue weighted by atomic mass is 9.98. The smallest absolute Gasteiger partial charge is 0.119 e. The minimum absolute atomic E-state index is 0. The summed E-state index contributed by atoms with van der Waals surface area (Å²) in [6.07, 6.45) is 2.56. The Bertz CT molecular complexity index is 614. The number of benzene rings is 2. The molecule has 1 aliphatic heterocycles. The molecule has 0 saturated carbocycles. The maximum absolute atomic E-state index is 5.89. The van der Waals surface area contributed by atoms with Crippen molar-refractivity contribution in [1.82, 2.24) is 10.6 Å². The summed E-state index contributed by atoms with van der Waals surface area (Å²) in [6.45, 7) is 4.90. The fourth-order valence-electron chi connectivity index (χ4n) is 2.96. The number of nitrogens with one attached hydrogen (secondary N) is 2. The van der Waals surface area contributed by atoms with Gasteiger partial charge in [0.25, 0.3) is 0 Å². The SMILES string of the molecule is Cl.Cl.Clc1ccc(COc2ccc(CNCC3CCNCC3)cc2)cc1. The van der Waals surface area contributed by atoms with Crippen molar-refractivity contribution in [1.29, 1.82) is 0 Å². The first-order valence-corrected chi connectivity index (χ1v) is 9.05. The normalized spacial score (nSPS) is 14.2. The number of ether oxygens (including phenoxy) is 1. The lowest BCUT2D eigenvalue weighted by Crippen LogP contribution is -2.33. The third-order valence-corrected chi connectivity index (χ3v) is 4.71. The zero-order valence-corrected chi connectivity index (χ0v) is 17.1. The maximum atomic E-state index is 5.89. The van der Waals surface area contributed by atoms with E-state index in [1.54, 1.807) is 0 Å². The van der Waals surface area contributed by atoms with Gasteiger partial charge in [0.05, 0.1) is 0 Å². The lowest BCUT2D eigenvalue weighted by molar-refractivity contribution is 0.306. The van der Waals surface area contributed by atoms with E-state index in [1.165, 1.54) is 18.4 Å². The van der Waals surface area contributed by atoms with Crippen LogP contribution in [0, 0.1) is 5.92 Å². The summed E-state index contributed by atoms with van der Waals surface area (Å²) in [7, 11) is 0. The highest BCUT2D eigenvalue weighted by Gasteiger charge is 2.11. The predicted molar refractivity (Wildman–Crippen MR) is 114 cm³/mol. The molecule has 144 valence electrons. The zero-order chi connectivity index (χ0) is 16.6. The van der Waals surface area contributed by atoms with Gasteiger partial charge in [-0.2, -0.15) is 0 Å². The van der Waals surface area contributed by atoms with Crippen molar-refractivity contribution in [2.75, 3.05) is 19.6 Å². The molecule has 1 fully saturated rings. The summed E-state index contributed by atoms with van der Waals surface area (Å²) in [5, 5.41) is 7.73. The molecule has 0 atom stereocenters. The number of piperidine rings is 1. The van der Waals surface area contributed by atoms with E-state index in [4.69, 9.17) is 16.3 Å². The summed E-state index contributed by atoms with van der Waals surface area (Å²) < 4.78 is 5.82. The zero-order valence-electron chi connectivity index (χ0n) is 14.7. The van der Waals surface area contributed by atoms with E-state index < -0.39 is 0 Å². The Morgan fingerprint density at radius 2 is 1.54 bits per heavy atom. The van der Waals surface area contributed by atoms with Gasteiger partial charge < -0.3 is 15.4 Å². The highest BCUT2D eigenvalue weighted by atomic mass is 35.5. The Morgan fingerprint density at radius 1 is 0.923 bits per heavy atom. The average Bonchev–Trinajstić information content (AvgIpc) is 2.63. The summed E-state index contributed by atoms with van der Waals surface area (Å²) in [5.41, 5.74) is 2.41. The topological polar surface area (TPSA) is 33.3 Å². The van der Waals surface area contributed by atoms with Crippen molar-refractivity contribution < 1.29 is 4.74 Å². The van der Waals surface area contributed by atoms with Gasteiger partial charge in [-0.05, 0) is 73.8 Å². The van der Waals surface area contributed by atoms with Crippen LogP contribution < -0.4 is 15.4 Å². The van der Waals surface area contributed by atoms with Crippen molar-refractivity contribution in [3.05, 3.63) is 64.7 Å². The summed E-state index contributed by atoms with van der Waals surface area (Å²) in [4.78, 5) is 0. The Labute approximate surface area is 173 Å². The Morgan fingerprint density at radius 3 is 2.19 bits per heavy atom. The number of hydrogen-bond acceptors (Lipinski definition) is 3. The first-order chi connectivity index (χ1) is 11.8. The number of rotatable bonds is 7. The van der Waals surface area contributed by atoms with Gasteiger partial charge >= 0.3 is 0 Å². The van der Waals surface area contributed by atoms with E-state index in [-0.39, 0.29) is 24.8 Å². The van der Waals surface area contributed by atoms with Crippen molar-refractivity contribution >= 4 is 36.4 Å². The molecule has 2 aromatic carbocycles. The third kappa shape index (κ3) is 7.73. The van der Waals surface area contributed by atoms with Gasteiger partial charge in [0.1, 0.15) is 12.4 Å². The molecule has 0 amide bonds. The first kappa shape index (κ1) is 23.1. The molecule has 3 nitrogen and oxygen atoms in total. The predicted octanol–water partition coefficient (Wildman–Crippen LogP) is 4.85. The van der Waals surface area contributed by atoms with Crippen LogP contribution in [0.15, 0.2) is 48.5 Å². The minimum atomic E-state index is 0. The van der Waals surface area contributed by atoms with Gasteiger partial charge in [0.2, 0.25) is 0 Å². The van der Waals surface area contributed by atoms with Crippen LogP contribution in [0.2, 0.25) is 5.02 Å². The van der Waals surface area contributed by atoms with Gasteiger partial charge in [-0.15, -0.1) is 24.8 Å². The molecule has 2 aromatic rings. The standard InChI is InChI=1S/C20H25ClN2O.2ClH/c21-19-5-1-18(2-6-19)15-24-20-7-3-16(4-8-20)13-23-14-17-9-11-22-12-10-17;;/h1-8,17,22-23H,9-15H2;2*1H. The van der Waals surface area contributed by atoms with Crippen molar-refractivity contribution in [3.63, 3.8) is 0 Å². The molecule has 26 heavy (non-hydrogen) atoms. The van der Waals surface area contributed by atoms with E-state index in [0.717, 1.165) is 48.4 Å². The van der Waals surface area contributed by atoms with Gasteiger partial charge in [-0.25, -0.2) is 0 Å².